The number of carbonyl (C=O) groups is 4. The molecule has 1 saturated carbocycles. The summed E-state index contributed by atoms with van der Waals surface area (Å²) in [5.41, 5.74) is 4.46. The van der Waals surface area contributed by atoms with Gasteiger partial charge in [-0.3, -0.25) is 19.3 Å². The SMILES string of the molecule is C=CCOC(=O)C[C@@H](C(=O)N1CCOCC1)N(C)C(=O)C(C1CCCC1)N(C)C(=O)OCC1c2ccccc2-c2ccccc21. The molecule has 0 aromatic heterocycles. The van der Waals surface area contributed by atoms with Crippen LogP contribution < -0.4 is 0 Å². The van der Waals surface area contributed by atoms with Crippen molar-refractivity contribution in [2.45, 2.75) is 50.1 Å². The van der Waals surface area contributed by atoms with Gasteiger partial charge in [0.25, 0.3) is 0 Å². The van der Waals surface area contributed by atoms with Crippen LogP contribution in [0.15, 0.2) is 61.2 Å². The fourth-order valence-corrected chi connectivity index (χ4v) is 6.88. The lowest BCUT2D eigenvalue weighted by Crippen LogP contribution is -2.58. The lowest BCUT2D eigenvalue weighted by molar-refractivity contribution is -0.155. The molecule has 1 aliphatic heterocycles. The maximum atomic E-state index is 14.3. The van der Waals surface area contributed by atoms with E-state index in [9.17, 15) is 19.2 Å². The second-order valence-corrected chi connectivity index (χ2v) is 12.0. The number of fused-ring (bicyclic) bond motifs is 3. The minimum Gasteiger partial charge on any atom is -0.461 e. The van der Waals surface area contributed by atoms with Crippen molar-refractivity contribution in [3.8, 4) is 11.1 Å². The van der Waals surface area contributed by atoms with Gasteiger partial charge in [0.15, 0.2) is 0 Å². The van der Waals surface area contributed by atoms with Gasteiger partial charge in [-0.25, -0.2) is 4.79 Å². The number of rotatable bonds is 11. The van der Waals surface area contributed by atoms with E-state index in [0.717, 1.165) is 47.9 Å². The number of hydrogen-bond donors (Lipinski definition) is 0. The van der Waals surface area contributed by atoms with E-state index in [4.69, 9.17) is 14.2 Å². The maximum Gasteiger partial charge on any atom is 0.410 e. The topological polar surface area (TPSA) is 106 Å². The van der Waals surface area contributed by atoms with Crippen LogP contribution in [0, 0.1) is 5.92 Å². The average molecular weight is 618 g/mol. The molecule has 3 amide bonds. The first-order valence-corrected chi connectivity index (χ1v) is 15.8. The molecule has 1 unspecified atom stereocenters. The van der Waals surface area contributed by atoms with Crippen molar-refractivity contribution in [3.05, 3.63) is 72.3 Å². The van der Waals surface area contributed by atoms with E-state index < -0.39 is 30.1 Å². The van der Waals surface area contributed by atoms with Crippen molar-refractivity contribution in [2.75, 3.05) is 53.6 Å². The molecule has 1 saturated heterocycles. The molecule has 10 nitrogen and oxygen atoms in total. The van der Waals surface area contributed by atoms with Crippen LogP contribution in [0.4, 0.5) is 4.79 Å². The Morgan fingerprint density at radius 2 is 1.53 bits per heavy atom. The standard InChI is InChI=1S/C35H43N3O7/c1-4-19-44-31(39)22-30(33(40)38-17-20-43-21-18-38)36(2)34(41)32(24-11-5-6-12-24)37(3)35(42)45-23-29-27-15-9-7-13-25(27)26-14-8-10-16-28(26)29/h4,7-10,13-16,24,29-30,32H,1,5-6,11-12,17-23H2,2-3H3/t30-,32?/m0/s1. The van der Waals surface area contributed by atoms with E-state index in [1.165, 1.54) is 22.9 Å². The van der Waals surface area contributed by atoms with Crippen LogP contribution in [0.2, 0.25) is 0 Å². The summed E-state index contributed by atoms with van der Waals surface area (Å²) in [6.45, 7) is 5.20. The Bertz CT molecular complexity index is 1350. The molecule has 1 heterocycles. The Labute approximate surface area is 264 Å². The van der Waals surface area contributed by atoms with Gasteiger partial charge in [-0.05, 0) is 41.0 Å². The molecule has 2 atom stereocenters. The molecule has 3 aliphatic rings. The summed E-state index contributed by atoms with van der Waals surface area (Å²) in [5, 5.41) is 0. The number of esters is 1. The van der Waals surface area contributed by atoms with Gasteiger partial charge in [0.2, 0.25) is 11.8 Å². The minimum absolute atomic E-state index is 0.00415. The fraction of sp³-hybridized carbons (Fsp3) is 0.486. The number of likely N-dealkylation sites (N-methyl/N-ethyl adjacent to an activating group) is 2. The summed E-state index contributed by atoms with van der Waals surface area (Å²) in [5.74, 6) is -1.57. The van der Waals surface area contributed by atoms with Gasteiger partial charge in [0.05, 0.1) is 19.6 Å². The largest absolute Gasteiger partial charge is 0.461 e. The van der Waals surface area contributed by atoms with Crippen molar-refractivity contribution < 1.29 is 33.4 Å². The minimum atomic E-state index is -1.09. The third-order valence-corrected chi connectivity index (χ3v) is 9.29. The lowest BCUT2D eigenvalue weighted by Gasteiger charge is -2.38. The highest BCUT2D eigenvalue weighted by Crippen LogP contribution is 2.44. The molecule has 2 fully saturated rings. The second kappa shape index (κ2) is 14.7. The molecular formula is C35H43N3O7. The fourth-order valence-electron chi connectivity index (χ4n) is 6.88. The highest BCUT2D eigenvalue weighted by molar-refractivity contribution is 5.93. The Kier molecular flexibility index (Phi) is 10.5. The van der Waals surface area contributed by atoms with Crippen LogP contribution in [0.3, 0.4) is 0 Å². The Balaban J connectivity index is 1.34. The number of amides is 3. The molecule has 2 aliphatic carbocycles. The number of benzene rings is 2. The van der Waals surface area contributed by atoms with Crippen molar-refractivity contribution in [2.24, 2.45) is 5.92 Å². The highest BCUT2D eigenvalue weighted by atomic mass is 16.6. The smallest absolute Gasteiger partial charge is 0.410 e. The van der Waals surface area contributed by atoms with Crippen molar-refractivity contribution in [1.29, 1.82) is 0 Å². The average Bonchev–Trinajstić information content (AvgIpc) is 3.71. The van der Waals surface area contributed by atoms with Gasteiger partial charge >= 0.3 is 12.1 Å². The van der Waals surface area contributed by atoms with Crippen LogP contribution in [0.1, 0.15) is 49.1 Å². The van der Waals surface area contributed by atoms with E-state index >= 15 is 0 Å². The zero-order valence-corrected chi connectivity index (χ0v) is 26.2. The Morgan fingerprint density at radius 1 is 0.933 bits per heavy atom. The monoisotopic (exact) mass is 617 g/mol. The Hall–Kier alpha value is -4.18. The first-order chi connectivity index (χ1) is 21.8. The molecule has 240 valence electrons. The maximum absolute atomic E-state index is 14.3. The molecule has 0 radical (unpaired) electrons. The second-order valence-electron chi connectivity index (χ2n) is 12.0. The number of ether oxygens (including phenoxy) is 3. The summed E-state index contributed by atoms with van der Waals surface area (Å²) in [4.78, 5) is 58.7. The molecule has 5 rings (SSSR count). The van der Waals surface area contributed by atoms with Crippen LogP contribution in [-0.2, 0) is 28.6 Å². The van der Waals surface area contributed by atoms with Gasteiger partial charge in [-0.2, -0.15) is 0 Å². The number of nitrogens with zero attached hydrogens (tertiary/aromatic N) is 3. The molecule has 0 N–H and O–H groups in total. The summed E-state index contributed by atoms with van der Waals surface area (Å²) < 4.78 is 16.5. The summed E-state index contributed by atoms with van der Waals surface area (Å²) >= 11 is 0. The molecule has 2 aromatic rings. The van der Waals surface area contributed by atoms with Crippen molar-refractivity contribution >= 4 is 23.9 Å². The molecule has 10 heteroatoms. The molecule has 0 bridgehead atoms. The molecule has 45 heavy (non-hydrogen) atoms. The van der Waals surface area contributed by atoms with Gasteiger partial charge in [0.1, 0.15) is 25.3 Å². The summed E-state index contributed by atoms with van der Waals surface area (Å²) in [6.07, 6.45) is 3.98. The van der Waals surface area contributed by atoms with E-state index in [1.807, 2.05) is 24.3 Å². The highest BCUT2D eigenvalue weighted by Gasteiger charge is 2.43. The van der Waals surface area contributed by atoms with Crippen LogP contribution in [-0.4, -0.2) is 104 Å². The van der Waals surface area contributed by atoms with Crippen molar-refractivity contribution in [1.82, 2.24) is 14.7 Å². The summed E-state index contributed by atoms with van der Waals surface area (Å²) in [7, 11) is 3.12. The number of hydrogen-bond acceptors (Lipinski definition) is 7. The zero-order chi connectivity index (χ0) is 31.9. The first kappa shape index (κ1) is 32.2. The quantitative estimate of drug-likeness (QED) is 0.275. The predicted octanol–water partition coefficient (Wildman–Crippen LogP) is 4.23. The van der Waals surface area contributed by atoms with Crippen LogP contribution in [0.25, 0.3) is 11.1 Å². The normalized spacial score (nSPS) is 17.5. The predicted molar refractivity (Wildman–Crippen MR) is 168 cm³/mol. The van der Waals surface area contributed by atoms with E-state index in [1.54, 1.807) is 11.9 Å². The summed E-state index contributed by atoms with van der Waals surface area (Å²) in [6, 6.07) is 14.3. The Morgan fingerprint density at radius 3 is 2.13 bits per heavy atom. The first-order valence-electron chi connectivity index (χ1n) is 15.8. The van der Waals surface area contributed by atoms with E-state index in [2.05, 4.69) is 30.8 Å². The van der Waals surface area contributed by atoms with E-state index in [0.29, 0.717) is 26.3 Å². The molecule has 0 spiro atoms. The van der Waals surface area contributed by atoms with E-state index in [-0.39, 0.29) is 37.4 Å². The van der Waals surface area contributed by atoms with Gasteiger partial charge in [0, 0.05) is 33.1 Å². The van der Waals surface area contributed by atoms with Crippen LogP contribution >= 0.6 is 0 Å². The van der Waals surface area contributed by atoms with Crippen LogP contribution in [0.5, 0.6) is 0 Å². The zero-order valence-electron chi connectivity index (χ0n) is 26.2. The molecular weight excluding hydrogens is 574 g/mol. The van der Waals surface area contributed by atoms with Gasteiger partial charge < -0.3 is 24.0 Å². The van der Waals surface area contributed by atoms with Gasteiger partial charge in [-0.1, -0.05) is 74.0 Å². The third-order valence-electron chi connectivity index (χ3n) is 9.29. The number of morpholine rings is 1. The van der Waals surface area contributed by atoms with Gasteiger partial charge in [-0.15, -0.1) is 0 Å². The van der Waals surface area contributed by atoms with Crippen molar-refractivity contribution in [3.63, 3.8) is 0 Å². The lowest BCUT2D eigenvalue weighted by atomic mass is 9.95. The number of carbonyl (C=O) groups excluding carboxylic acids is 4. The third kappa shape index (κ3) is 7.06. The molecule has 2 aromatic carbocycles.